The average Bonchev–Trinajstić information content (AvgIpc) is 2.42. The third-order valence-corrected chi connectivity index (χ3v) is 3.21. The summed E-state index contributed by atoms with van der Waals surface area (Å²) in [6.45, 7) is 8.69. The van der Waals surface area contributed by atoms with E-state index in [-0.39, 0.29) is 23.8 Å². The van der Waals surface area contributed by atoms with Crippen molar-refractivity contribution >= 4 is 5.91 Å². The van der Waals surface area contributed by atoms with Crippen molar-refractivity contribution in [2.24, 2.45) is 5.92 Å². The molecule has 0 aliphatic carbocycles. The van der Waals surface area contributed by atoms with E-state index in [1.165, 1.54) is 12.1 Å². The molecule has 112 valence electrons. The number of hydrogen-bond acceptors (Lipinski definition) is 2. The third-order valence-electron chi connectivity index (χ3n) is 3.21. The van der Waals surface area contributed by atoms with Crippen LogP contribution in [-0.2, 0) is 4.79 Å². The molecule has 2 atom stereocenters. The summed E-state index contributed by atoms with van der Waals surface area (Å²) in [6.07, 6.45) is 0.841. The number of carbonyl (C=O) groups excluding carboxylic acids is 1. The van der Waals surface area contributed by atoms with Crippen LogP contribution in [0.15, 0.2) is 24.3 Å². The summed E-state index contributed by atoms with van der Waals surface area (Å²) >= 11 is 0. The Kier molecular flexibility index (Phi) is 6.65. The largest absolute Gasteiger partial charge is 0.354 e. The second-order valence-electron chi connectivity index (χ2n) is 5.54. The molecule has 0 saturated heterocycles. The quantitative estimate of drug-likeness (QED) is 0.806. The van der Waals surface area contributed by atoms with E-state index < -0.39 is 0 Å². The Labute approximate surface area is 121 Å². The lowest BCUT2D eigenvalue weighted by molar-refractivity contribution is -0.123. The highest BCUT2D eigenvalue weighted by molar-refractivity contribution is 5.81. The maximum absolute atomic E-state index is 12.9. The van der Waals surface area contributed by atoms with E-state index in [4.69, 9.17) is 0 Å². The number of amides is 1. The smallest absolute Gasteiger partial charge is 0.236 e. The van der Waals surface area contributed by atoms with Crippen LogP contribution in [0, 0.1) is 11.7 Å². The summed E-state index contributed by atoms with van der Waals surface area (Å²) < 4.78 is 12.9. The molecule has 1 rings (SSSR count). The van der Waals surface area contributed by atoms with Gasteiger partial charge in [0.1, 0.15) is 5.82 Å². The van der Waals surface area contributed by atoms with Crippen LogP contribution in [0.1, 0.15) is 45.7 Å². The van der Waals surface area contributed by atoms with Crippen LogP contribution in [0.5, 0.6) is 0 Å². The van der Waals surface area contributed by atoms with E-state index in [9.17, 15) is 9.18 Å². The molecule has 1 aromatic rings. The molecular formula is C16H25FN2O. The monoisotopic (exact) mass is 280 g/mol. The number of halogens is 1. The van der Waals surface area contributed by atoms with Gasteiger partial charge in [0.15, 0.2) is 0 Å². The van der Waals surface area contributed by atoms with Gasteiger partial charge in [-0.05, 0) is 37.0 Å². The number of nitrogens with one attached hydrogen (secondary N) is 2. The van der Waals surface area contributed by atoms with Crippen molar-refractivity contribution < 1.29 is 9.18 Å². The van der Waals surface area contributed by atoms with Gasteiger partial charge >= 0.3 is 0 Å². The first kappa shape index (κ1) is 16.6. The Morgan fingerprint density at radius 3 is 2.30 bits per heavy atom. The predicted molar refractivity (Wildman–Crippen MR) is 79.9 cm³/mol. The first-order chi connectivity index (χ1) is 9.43. The molecule has 2 unspecified atom stereocenters. The average molecular weight is 280 g/mol. The van der Waals surface area contributed by atoms with Crippen LogP contribution in [-0.4, -0.2) is 18.5 Å². The minimum atomic E-state index is -0.274. The van der Waals surface area contributed by atoms with Crippen molar-refractivity contribution in [3.05, 3.63) is 35.6 Å². The molecule has 0 radical (unpaired) electrons. The van der Waals surface area contributed by atoms with Gasteiger partial charge in [-0.2, -0.15) is 0 Å². The summed E-state index contributed by atoms with van der Waals surface area (Å²) in [5, 5.41) is 6.20. The molecular weight excluding hydrogens is 255 g/mol. The Morgan fingerprint density at radius 2 is 1.80 bits per heavy atom. The maximum Gasteiger partial charge on any atom is 0.236 e. The molecule has 3 nitrogen and oxygen atoms in total. The number of rotatable bonds is 7. The summed E-state index contributed by atoms with van der Waals surface area (Å²) in [6, 6.07) is 6.19. The van der Waals surface area contributed by atoms with Crippen molar-refractivity contribution in [2.75, 3.05) is 6.54 Å². The molecule has 0 aliphatic heterocycles. The fourth-order valence-corrected chi connectivity index (χ4v) is 1.98. The Bertz CT molecular complexity index is 417. The van der Waals surface area contributed by atoms with Crippen molar-refractivity contribution in [2.45, 2.75) is 46.2 Å². The molecule has 0 spiro atoms. The van der Waals surface area contributed by atoms with Gasteiger partial charge in [0.2, 0.25) is 5.91 Å². The lowest BCUT2D eigenvalue weighted by Crippen LogP contribution is -2.44. The first-order valence-electron chi connectivity index (χ1n) is 7.23. The molecule has 0 fully saturated rings. The lowest BCUT2D eigenvalue weighted by Gasteiger charge is -2.22. The van der Waals surface area contributed by atoms with E-state index in [1.54, 1.807) is 12.1 Å². The second-order valence-corrected chi connectivity index (χ2v) is 5.54. The van der Waals surface area contributed by atoms with Crippen molar-refractivity contribution in [3.63, 3.8) is 0 Å². The molecule has 1 aromatic carbocycles. The van der Waals surface area contributed by atoms with Gasteiger partial charge in [-0.25, -0.2) is 4.39 Å². The Balaban J connectivity index is 2.59. The highest BCUT2D eigenvalue weighted by Crippen LogP contribution is 2.17. The fraction of sp³-hybridized carbons (Fsp3) is 0.562. The molecule has 20 heavy (non-hydrogen) atoms. The van der Waals surface area contributed by atoms with E-state index in [0.717, 1.165) is 12.0 Å². The van der Waals surface area contributed by atoms with E-state index >= 15 is 0 Å². The van der Waals surface area contributed by atoms with Gasteiger partial charge < -0.3 is 5.32 Å². The summed E-state index contributed by atoms with van der Waals surface area (Å²) in [5.41, 5.74) is 0.998. The van der Waals surface area contributed by atoms with Crippen LogP contribution >= 0.6 is 0 Å². The first-order valence-corrected chi connectivity index (χ1v) is 7.23. The summed E-state index contributed by atoms with van der Waals surface area (Å²) in [7, 11) is 0. The van der Waals surface area contributed by atoms with Crippen LogP contribution < -0.4 is 10.6 Å². The van der Waals surface area contributed by atoms with Gasteiger partial charge in [-0.3, -0.25) is 10.1 Å². The standard InChI is InChI=1S/C16H25FN2O/c1-5-15(13-6-8-14(17)9-7-13)19-12(4)16(20)18-10-11(2)3/h6-9,11-12,15,19H,5,10H2,1-4H3,(H,18,20). The molecule has 2 N–H and O–H groups in total. The van der Waals surface area contributed by atoms with Crippen molar-refractivity contribution in [3.8, 4) is 0 Å². The third kappa shape index (κ3) is 5.29. The molecule has 1 amide bonds. The zero-order valence-electron chi connectivity index (χ0n) is 12.7. The molecule has 0 aliphatic rings. The van der Waals surface area contributed by atoms with Crippen LogP contribution in [0.2, 0.25) is 0 Å². The predicted octanol–water partition coefficient (Wildman–Crippen LogP) is 3.03. The zero-order valence-corrected chi connectivity index (χ0v) is 12.7. The highest BCUT2D eigenvalue weighted by atomic mass is 19.1. The Morgan fingerprint density at radius 1 is 1.20 bits per heavy atom. The molecule has 4 heteroatoms. The highest BCUT2D eigenvalue weighted by Gasteiger charge is 2.18. The van der Waals surface area contributed by atoms with E-state index in [2.05, 4.69) is 24.5 Å². The van der Waals surface area contributed by atoms with Crippen LogP contribution in [0.4, 0.5) is 4.39 Å². The van der Waals surface area contributed by atoms with Crippen LogP contribution in [0.25, 0.3) is 0 Å². The van der Waals surface area contributed by atoms with Gasteiger partial charge in [-0.1, -0.05) is 32.9 Å². The van der Waals surface area contributed by atoms with Crippen molar-refractivity contribution in [1.82, 2.24) is 10.6 Å². The minimum Gasteiger partial charge on any atom is -0.354 e. The molecule has 0 saturated carbocycles. The number of hydrogen-bond donors (Lipinski definition) is 2. The number of carbonyl (C=O) groups is 1. The van der Waals surface area contributed by atoms with Gasteiger partial charge in [0.25, 0.3) is 0 Å². The van der Waals surface area contributed by atoms with E-state index in [0.29, 0.717) is 12.5 Å². The molecule has 0 heterocycles. The van der Waals surface area contributed by atoms with Gasteiger partial charge in [-0.15, -0.1) is 0 Å². The van der Waals surface area contributed by atoms with Crippen LogP contribution in [0.3, 0.4) is 0 Å². The van der Waals surface area contributed by atoms with E-state index in [1.807, 2.05) is 13.8 Å². The zero-order chi connectivity index (χ0) is 15.1. The summed E-state index contributed by atoms with van der Waals surface area (Å²) in [4.78, 5) is 12.0. The van der Waals surface area contributed by atoms with Gasteiger partial charge in [0, 0.05) is 12.6 Å². The SMILES string of the molecule is CCC(NC(C)C(=O)NCC(C)C)c1ccc(F)cc1. The molecule has 0 aromatic heterocycles. The summed E-state index contributed by atoms with van der Waals surface area (Å²) in [5.74, 6) is 0.191. The lowest BCUT2D eigenvalue weighted by atomic mass is 10.0. The minimum absolute atomic E-state index is 0.000684. The maximum atomic E-state index is 12.9. The van der Waals surface area contributed by atoms with Gasteiger partial charge in [0.05, 0.1) is 6.04 Å². The van der Waals surface area contributed by atoms with Crippen molar-refractivity contribution in [1.29, 1.82) is 0 Å². The Hall–Kier alpha value is -1.42. The fourth-order valence-electron chi connectivity index (χ4n) is 1.98. The number of benzene rings is 1. The molecule has 0 bridgehead atoms. The normalized spacial score (nSPS) is 14.1. The second kappa shape index (κ2) is 8.00. The topological polar surface area (TPSA) is 41.1 Å².